The normalized spacial score (nSPS) is 24.4. The van der Waals surface area contributed by atoms with Gasteiger partial charge in [0.1, 0.15) is 0 Å². The predicted octanol–water partition coefficient (Wildman–Crippen LogP) is 2.20. The molecule has 134 valence electrons. The lowest BCUT2D eigenvalue weighted by atomic mass is 9.85. The summed E-state index contributed by atoms with van der Waals surface area (Å²) in [7, 11) is 1.70. The van der Waals surface area contributed by atoms with E-state index >= 15 is 0 Å². The highest BCUT2D eigenvalue weighted by atomic mass is 16.4. The minimum Gasteiger partial charge on any atom is -0.481 e. The van der Waals surface area contributed by atoms with Gasteiger partial charge < -0.3 is 15.1 Å². The minimum absolute atomic E-state index is 0.0288. The Morgan fingerprint density at radius 3 is 2.56 bits per heavy atom. The number of para-hydroxylation sites is 1. The van der Waals surface area contributed by atoms with Gasteiger partial charge in [-0.2, -0.15) is 0 Å². The van der Waals surface area contributed by atoms with E-state index in [0.29, 0.717) is 6.42 Å². The summed E-state index contributed by atoms with van der Waals surface area (Å²) in [5.41, 5.74) is 1.71. The number of hydrogen-bond acceptors (Lipinski definition) is 3. The van der Waals surface area contributed by atoms with Crippen molar-refractivity contribution < 1.29 is 24.6 Å². The van der Waals surface area contributed by atoms with Crippen LogP contribution in [0, 0.1) is 5.92 Å². The molecule has 1 saturated carbocycles. The fourth-order valence-electron chi connectivity index (χ4n) is 4.27. The maximum Gasteiger partial charge on any atom is 0.412 e. The van der Waals surface area contributed by atoms with Crippen LogP contribution in [0.4, 0.5) is 10.5 Å². The number of fused-ring (bicyclic) bond motifs is 2. The Kier molecular flexibility index (Phi) is 4.65. The van der Waals surface area contributed by atoms with Crippen LogP contribution in [0.25, 0.3) is 0 Å². The molecule has 1 aliphatic carbocycles. The second kappa shape index (κ2) is 6.74. The first kappa shape index (κ1) is 17.3. The molecule has 2 amide bonds. The van der Waals surface area contributed by atoms with Gasteiger partial charge in [-0.15, -0.1) is 0 Å². The number of hydrogen-bond donors (Lipinski definition) is 2. The van der Waals surface area contributed by atoms with Crippen molar-refractivity contribution in [3.8, 4) is 0 Å². The molecule has 0 spiro atoms. The molecule has 1 aromatic carbocycles. The largest absolute Gasteiger partial charge is 0.481 e. The van der Waals surface area contributed by atoms with E-state index in [2.05, 4.69) is 0 Å². The maximum absolute atomic E-state index is 12.3. The van der Waals surface area contributed by atoms with Gasteiger partial charge in [-0.05, 0) is 30.9 Å². The molecular weight excluding hydrogens is 324 g/mol. The number of benzene rings is 1. The van der Waals surface area contributed by atoms with E-state index in [1.807, 2.05) is 24.3 Å². The van der Waals surface area contributed by atoms with Gasteiger partial charge >= 0.3 is 12.1 Å². The molecule has 1 aliphatic heterocycles. The minimum atomic E-state index is -0.991. The van der Waals surface area contributed by atoms with Gasteiger partial charge in [0.15, 0.2) is 0 Å². The van der Waals surface area contributed by atoms with E-state index in [4.69, 9.17) is 5.11 Å². The second-order valence-corrected chi connectivity index (χ2v) is 6.76. The fourth-order valence-corrected chi connectivity index (χ4v) is 4.27. The third-order valence-electron chi connectivity index (χ3n) is 5.43. The van der Waals surface area contributed by atoms with Crippen LogP contribution in [0.2, 0.25) is 0 Å². The van der Waals surface area contributed by atoms with Crippen LogP contribution in [-0.4, -0.2) is 52.2 Å². The Bertz CT molecular complexity index is 704. The number of carboxylic acids is 1. The summed E-state index contributed by atoms with van der Waals surface area (Å²) in [5, 5.41) is 18.5. The van der Waals surface area contributed by atoms with Crippen molar-refractivity contribution in [3.05, 3.63) is 29.8 Å². The molecule has 7 heteroatoms. The summed E-state index contributed by atoms with van der Waals surface area (Å²) in [6, 6.07) is 7.28. The molecule has 3 rings (SSSR count). The first-order valence-corrected chi connectivity index (χ1v) is 8.47. The van der Waals surface area contributed by atoms with Crippen LogP contribution in [0.1, 0.15) is 31.2 Å². The zero-order chi connectivity index (χ0) is 18.1. The van der Waals surface area contributed by atoms with Gasteiger partial charge in [0.05, 0.1) is 12.1 Å². The molecule has 1 fully saturated rings. The summed E-state index contributed by atoms with van der Waals surface area (Å²) < 4.78 is 0. The number of carbonyl (C=O) groups excluding carboxylic acids is 1. The highest BCUT2D eigenvalue weighted by Crippen LogP contribution is 2.43. The van der Waals surface area contributed by atoms with Crippen molar-refractivity contribution in [2.24, 2.45) is 5.92 Å². The van der Waals surface area contributed by atoms with Crippen LogP contribution >= 0.6 is 0 Å². The predicted molar refractivity (Wildman–Crippen MR) is 90.6 cm³/mol. The van der Waals surface area contributed by atoms with E-state index in [1.165, 1.54) is 4.90 Å². The smallest absolute Gasteiger partial charge is 0.412 e. The zero-order valence-corrected chi connectivity index (χ0v) is 14.1. The Morgan fingerprint density at radius 1 is 1.16 bits per heavy atom. The van der Waals surface area contributed by atoms with Gasteiger partial charge in [-0.25, -0.2) is 4.79 Å². The van der Waals surface area contributed by atoms with E-state index in [0.717, 1.165) is 24.1 Å². The molecular formula is C18H22N2O5. The molecule has 0 bridgehead atoms. The number of amides is 2. The maximum atomic E-state index is 12.3. The van der Waals surface area contributed by atoms with E-state index < -0.39 is 12.1 Å². The Balaban J connectivity index is 1.82. The standard InChI is InChI=1S/C18H22N2O5/c1-19(16(21)8-9-17(22)23)14-6-7-15-12(14)10-11-4-2-3-5-13(11)20(15)18(24)25/h2-5,12,14-15H,6-10H2,1H3,(H,22,23)(H,24,25). The Labute approximate surface area is 145 Å². The molecule has 7 nitrogen and oxygen atoms in total. The number of aliphatic carboxylic acids is 1. The number of carbonyl (C=O) groups is 3. The van der Waals surface area contributed by atoms with Crippen molar-refractivity contribution in [2.75, 3.05) is 11.9 Å². The molecule has 0 radical (unpaired) electrons. The first-order valence-electron chi connectivity index (χ1n) is 8.47. The SMILES string of the molecule is CN(C(=O)CCC(=O)O)C1CCC2C1Cc1ccccc1N2C(=O)O. The zero-order valence-electron chi connectivity index (χ0n) is 14.1. The molecule has 2 aliphatic rings. The molecule has 0 aromatic heterocycles. The third kappa shape index (κ3) is 3.18. The molecule has 1 aromatic rings. The van der Waals surface area contributed by atoms with Crippen LogP contribution in [0.5, 0.6) is 0 Å². The quantitative estimate of drug-likeness (QED) is 0.871. The summed E-state index contributed by atoms with van der Waals surface area (Å²) in [4.78, 5) is 37.9. The van der Waals surface area contributed by atoms with E-state index in [1.54, 1.807) is 11.9 Å². The second-order valence-electron chi connectivity index (χ2n) is 6.76. The topological polar surface area (TPSA) is 98.2 Å². The summed E-state index contributed by atoms with van der Waals surface area (Å²) in [6.45, 7) is 0. The fraction of sp³-hybridized carbons (Fsp3) is 0.500. The third-order valence-corrected chi connectivity index (χ3v) is 5.43. The highest BCUT2D eigenvalue weighted by Gasteiger charge is 2.47. The van der Waals surface area contributed by atoms with Crippen molar-refractivity contribution >= 4 is 23.7 Å². The summed E-state index contributed by atoms with van der Waals surface area (Å²) >= 11 is 0. The van der Waals surface area contributed by atoms with Gasteiger partial charge in [-0.3, -0.25) is 14.5 Å². The van der Waals surface area contributed by atoms with Crippen LogP contribution < -0.4 is 4.90 Å². The van der Waals surface area contributed by atoms with Gasteiger partial charge in [0.25, 0.3) is 0 Å². The van der Waals surface area contributed by atoms with Crippen LogP contribution in [0.15, 0.2) is 24.3 Å². The van der Waals surface area contributed by atoms with Crippen LogP contribution in [0.3, 0.4) is 0 Å². The average Bonchev–Trinajstić information content (AvgIpc) is 2.99. The number of nitrogens with zero attached hydrogens (tertiary/aromatic N) is 2. The highest BCUT2D eigenvalue weighted by molar-refractivity contribution is 5.89. The monoisotopic (exact) mass is 346 g/mol. The first-order chi connectivity index (χ1) is 11.9. The van der Waals surface area contributed by atoms with Gasteiger partial charge in [-0.1, -0.05) is 18.2 Å². The van der Waals surface area contributed by atoms with E-state index in [9.17, 15) is 19.5 Å². The van der Waals surface area contributed by atoms with Crippen molar-refractivity contribution in [1.29, 1.82) is 0 Å². The lowest BCUT2D eigenvalue weighted by molar-refractivity contribution is -0.141. The lowest BCUT2D eigenvalue weighted by Gasteiger charge is -2.40. The summed E-state index contributed by atoms with van der Waals surface area (Å²) in [6.07, 6.45) is 0.969. The Hall–Kier alpha value is -2.57. The number of anilines is 1. The van der Waals surface area contributed by atoms with Gasteiger partial charge in [0, 0.05) is 31.5 Å². The summed E-state index contributed by atoms with van der Waals surface area (Å²) in [5.74, 6) is -1.16. The van der Waals surface area contributed by atoms with Crippen LogP contribution in [-0.2, 0) is 16.0 Å². The van der Waals surface area contributed by atoms with Crippen molar-refractivity contribution in [3.63, 3.8) is 0 Å². The number of carboxylic acid groups (broad SMARTS) is 2. The van der Waals surface area contributed by atoms with E-state index in [-0.39, 0.29) is 36.8 Å². The van der Waals surface area contributed by atoms with Crippen molar-refractivity contribution in [2.45, 2.75) is 44.2 Å². The molecule has 25 heavy (non-hydrogen) atoms. The molecule has 3 atom stereocenters. The van der Waals surface area contributed by atoms with Gasteiger partial charge in [0.2, 0.25) is 5.91 Å². The number of rotatable bonds is 4. The molecule has 1 heterocycles. The molecule has 0 saturated heterocycles. The molecule has 2 N–H and O–H groups in total. The molecule has 3 unspecified atom stereocenters. The Morgan fingerprint density at radius 2 is 1.88 bits per heavy atom. The van der Waals surface area contributed by atoms with Crippen molar-refractivity contribution in [1.82, 2.24) is 4.90 Å². The lowest BCUT2D eigenvalue weighted by Crippen LogP contribution is -2.51. The average molecular weight is 346 g/mol.